The molecule has 0 bridgehead atoms. The second-order valence-corrected chi connectivity index (χ2v) is 7.29. The Morgan fingerprint density at radius 3 is 1.95 bits per heavy atom. The fraction of sp³-hybridized carbons (Fsp3) is 1.00. The van der Waals surface area contributed by atoms with Gasteiger partial charge < -0.3 is 16.0 Å². The summed E-state index contributed by atoms with van der Waals surface area (Å²) in [5, 5.41) is 10.00. The number of hydrogen-bond acceptors (Lipinski definition) is 5. The highest BCUT2D eigenvalue weighted by Gasteiger charge is 2.23. The second kappa shape index (κ2) is 9.64. The van der Waals surface area contributed by atoms with Crippen LogP contribution in [0.2, 0.25) is 0 Å². The molecule has 1 aliphatic rings. The van der Waals surface area contributed by atoms with Gasteiger partial charge in [-0.25, -0.2) is 0 Å². The van der Waals surface area contributed by atoms with Gasteiger partial charge in [-0.2, -0.15) is 17.0 Å². The molecule has 0 amide bonds. The van der Waals surface area contributed by atoms with Gasteiger partial charge in [0.05, 0.1) is 0 Å². The normalized spacial score (nSPS) is 22.6. The first-order valence-electron chi connectivity index (χ1n) is 7.35. The summed E-state index contributed by atoms with van der Waals surface area (Å²) in [5.41, 5.74) is 0. The number of rotatable bonds is 2. The van der Waals surface area contributed by atoms with E-state index in [0.29, 0.717) is 19.6 Å². The zero-order chi connectivity index (χ0) is 14.8. The summed E-state index contributed by atoms with van der Waals surface area (Å²) in [6.45, 7) is 6.41. The van der Waals surface area contributed by atoms with E-state index in [1.165, 1.54) is 4.31 Å². The van der Waals surface area contributed by atoms with Crippen molar-refractivity contribution in [2.45, 2.75) is 12.8 Å². The Labute approximate surface area is 123 Å². The quantitative estimate of drug-likeness (QED) is 0.588. The fourth-order valence-corrected chi connectivity index (χ4v) is 3.19. The molecule has 120 valence electrons. The summed E-state index contributed by atoms with van der Waals surface area (Å²) in [6, 6.07) is 0. The van der Waals surface area contributed by atoms with E-state index < -0.39 is 10.2 Å². The van der Waals surface area contributed by atoms with Gasteiger partial charge in [0.1, 0.15) is 0 Å². The molecule has 0 radical (unpaired) electrons. The predicted molar refractivity (Wildman–Crippen MR) is 82.0 cm³/mol. The van der Waals surface area contributed by atoms with Crippen LogP contribution in [0.1, 0.15) is 12.8 Å². The van der Waals surface area contributed by atoms with E-state index in [9.17, 15) is 8.42 Å². The highest BCUT2D eigenvalue weighted by molar-refractivity contribution is 7.86. The maximum Gasteiger partial charge on any atom is 0.281 e. The second-order valence-electron chi connectivity index (χ2n) is 5.15. The summed E-state index contributed by atoms with van der Waals surface area (Å²) in [7, 11) is -0.156. The molecule has 1 saturated heterocycles. The van der Waals surface area contributed by atoms with Crippen LogP contribution in [-0.4, -0.2) is 83.5 Å². The SMILES string of the molecule is CN(C)S(=O)(=O)N1CCCNCCNCCCNCC1. The Morgan fingerprint density at radius 2 is 1.35 bits per heavy atom. The van der Waals surface area contributed by atoms with Crippen LogP contribution in [-0.2, 0) is 10.2 Å². The predicted octanol–water partition coefficient (Wildman–Crippen LogP) is -1.34. The molecule has 20 heavy (non-hydrogen) atoms. The molecule has 3 N–H and O–H groups in total. The van der Waals surface area contributed by atoms with Crippen molar-refractivity contribution in [2.24, 2.45) is 0 Å². The van der Waals surface area contributed by atoms with Gasteiger partial charge in [-0.3, -0.25) is 0 Å². The van der Waals surface area contributed by atoms with Crippen LogP contribution in [0.3, 0.4) is 0 Å². The minimum atomic E-state index is -3.32. The molecule has 0 atom stereocenters. The lowest BCUT2D eigenvalue weighted by Gasteiger charge is -2.25. The molecule has 1 fully saturated rings. The van der Waals surface area contributed by atoms with Gasteiger partial charge in [-0.05, 0) is 32.5 Å². The van der Waals surface area contributed by atoms with E-state index in [4.69, 9.17) is 0 Å². The first kappa shape index (κ1) is 17.8. The van der Waals surface area contributed by atoms with Crippen molar-refractivity contribution >= 4 is 10.2 Å². The minimum Gasteiger partial charge on any atom is -0.315 e. The zero-order valence-corrected chi connectivity index (χ0v) is 13.5. The van der Waals surface area contributed by atoms with Gasteiger partial charge in [0.2, 0.25) is 0 Å². The van der Waals surface area contributed by atoms with Crippen molar-refractivity contribution in [3.05, 3.63) is 0 Å². The molecule has 0 aromatic carbocycles. The third kappa shape index (κ3) is 6.47. The number of nitrogens with one attached hydrogen (secondary N) is 3. The van der Waals surface area contributed by atoms with E-state index in [1.54, 1.807) is 18.4 Å². The lowest BCUT2D eigenvalue weighted by molar-refractivity contribution is 0.362. The fourth-order valence-electron chi connectivity index (χ4n) is 2.05. The maximum absolute atomic E-state index is 12.2. The molecule has 0 spiro atoms. The summed E-state index contributed by atoms with van der Waals surface area (Å²) in [6.07, 6.45) is 1.88. The van der Waals surface area contributed by atoms with Crippen LogP contribution in [0.15, 0.2) is 0 Å². The third-order valence-electron chi connectivity index (χ3n) is 3.27. The molecule has 7 nitrogen and oxygen atoms in total. The standard InChI is InChI=1S/C12H29N5O2S/c1-16(2)20(18,19)17-11-4-7-14-9-8-13-5-3-6-15-10-12-17/h13-15H,3-12H2,1-2H3. The minimum absolute atomic E-state index is 0.522. The van der Waals surface area contributed by atoms with Crippen molar-refractivity contribution in [2.75, 3.05) is 66.5 Å². The molecule has 1 rings (SSSR count). The van der Waals surface area contributed by atoms with Gasteiger partial charge in [0.25, 0.3) is 10.2 Å². The van der Waals surface area contributed by atoms with Crippen LogP contribution in [0.5, 0.6) is 0 Å². The Balaban J connectivity index is 2.52. The van der Waals surface area contributed by atoms with Crippen LogP contribution < -0.4 is 16.0 Å². The topological polar surface area (TPSA) is 76.7 Å². The van der Waals surface area contributed by atoms with Gasteiger partial charge >= 0.3 is 0 Å². The van der Waals surface area contributed by atoms with Crippen LogP contribution >= 0.6 is 0 Å². The maximum atomic E-state index is 12.2. The molecular weight excluding hydrogens is 278 g/mol. The number of hydrogen-bond donors (Lipinski definition) is 3. The van der Waals surface area contributed by atoms with Crippen molar-refractivity contribution in [3.8, 4) is 0 Å². The largest absolute Gasteiger partial charge is 0.315 e. The first-order valence-corrected chi connectivity index (χ1v) is 8.74. The molecule has 0 unspecified atom stereocenters. The summed E-state index contributed by atoms with van der Waals surface area (Å²) >= 11 is 0. The Morgan fingerprint density at radius 1 is 0.800 bits per heavy atom. The molecule has 0 aliphatic carbocycles. The zero-order valence-electron chi connectivity index (χ0n) is 12.7. The highest BCUT2D eigenvalue weighted by atomic mass is 32.2. The molecule has 0 aromatic heterocycles. The van der Waals surface area contributed by atoms with Gasteiger partial charge in [0, 0.05) is 46.8 Å². The first-order chi connectivity index (χ1) is 9.55. The van der Waals surface area contributed by atoms with Crippen molar-refractivity contribution < 1.29 is 8.42 Å². The Hall–Kier alpha value is -0.250. The van der Waals surface area contributed by atoms with Gasteiger partial charge in [-0.1, -0.05) is 0 Å². The molecule has 1 aliphatic heterocycles. The van der Waals surface area contributed by atoms with Crippen molar-refractivity contribution in [3.63, 3.8) is 0 Å². The average Bonchev–Trinajstić information content (AvgIpc) is 2.40. The number of nitrogens with zero attached hydrogens (tertiary/aromatic N) is 2. The third-order valence-corrected chi connectivity index (χ3v) is 5.21. The van der Waals surface area contributed by atoms with E-state index in [1.807, 2.05) is 0 Å². The average molecular weight is 307 g/mol. The van der Waals surface area contributed by atoms with Gasteiger partial charge in [-0.15, -0.1) is 0 Å². The summed E-state index contributed by atoms with van der Waals surface area (Å²) in [5.74, 6) is 0. The Kier molecular flexibility index (Phi) is 8.58. The lowest BCUT2D eigenvalue weighted by Crippen LogP contribution is -2.44. The van der Waals surface area contributed by atoms with Gasteiger partial charge in [0.15, 0.2) is 0 Å². The summed E-state index contributed by atoms with van der Waals surface area (Å²) < 4.78 is 27.3. The van der Waals surface area contributed by atoms with E-state index in [0.717, 1.165) is 45.6 Å². The molecule has 1 heterocycles. The van der Waals surface area contributed by atoms with Crippen molar-refractivity contribution in [1.82, 2.24) is 24.6 Å². The monoisotopic (exact) mass is 307 g/mol. The highest BCUT2D eigenvalue weighted by Crippen LogP contribution is 2.04. The van der Waals surface area contributed by atoms with Crippen molar-refractivity contribution in [1.29, 1.82) is 0 Å². The van der Waals surface area contributed by atoms with E-state index >= 15 is 0 Å². The van der Waals surface area contributed by atoms with Crippen LogP contribution in [0, 0.1) is 0 Å². The van der Waals surface area contributed by atoms with Crippen LogP contribution in [0.25, 0.3) is 0 Å². The lowest BCUT2D eigenvalue weighted by atomic mass is 10.3. The van der Waals surface area contributed by atoms with E-state index in [2.05, 4.69) is 16.0 Å². The smallest absolute Gasteiger partial charge is 0.281 e. The van der Waals surface area contributed by atoms with E-state index in [-0.39, 0.29) is 0 Å². The van der Waals surface area contributed by atoms with Crippen LogP contribution in [0.4, 0.5) is 0 Å². The molecule has 8 heteroatoms. The molecule has 0 saturated carbocycles. The molecular formula is C12H29N5O2S. The molecule has 0 aromatic rings. The summed E-state index contributed by atoms with van der Waals surface area (Å²) in [4.78, 5) is 0. The Bertz CT molecular complexity index is 334.